The first kappa shape index (κ1) is 28.1. The Bertz CT molecular complexity index is 1800. The molecule has 6 aliphatic carbocycles. The van der Waals surface area contributed by atoms with E-state index in [0.29, 0.717) is 46.3 Å². The van der Waals surface area contributed by atoms with Gasteiger partial charge in [-0.15, -0.1) is 0 Å². The average molecular weight is 603 g/mol. The van der Waals surface area contributed by atoms with Crippen molar-refractivity contribution in [1.82, 2.24) is 19.9 Å². The molecule has 4 bridgehead atoms. The van der Waals surface area contributed by atoms with Crippen LogP contribution in [0.3, 0.4) is 0 Å². The molecule has 1 aromatic carbocycles. The van der Waals surface area contributed by atoms with Crippen LogP contribution in [-0.2, 0) is 12.8 Å². The lowest BCUT2D eigenvalue weighted by Gasteiger charge is -2.61. The monoisotopic (exact) mass is 602 g/mol. The van der Waals surface area contributed by atoms with Gasteiger partial charge >= 0.3 is 0 Å². The maximum Gasteiger partial charge on any atom is 0.0889 e. The molecule has 2 unspecified atom stereocenters. The van der Waals surface area contributed by atoms with Gasteiger partial charge in [0, 0.05) is 24.8 Å². The van der Waals surface area contributed by atoms with Crippen LogP contribution in [0.1, 0.15) is 97.6 Å². The Kier molecular flexibility index (Phi) is 6.20. The summed E-state index contributed by atoms with van der Waals surface area (Å²) < 4.78 is 0. The Morgan fingerprint density at radius 1 is 0.522 bits per heavy atom. The van der Waals surface area contributed by atoms with Gasteiger partial charge in [0.05, 0.1) is 22.8 Å². The van der Waals surface area contributed by atoms with E-state index < -0.39 is 0 Å². The second-order valence-electron chi connectivity index (χ2n) is 15.6. The summed E-state index contributed by atoms with van der Waals surface area (Å²) >= 11 is 0. The Balaban J connectivity index is 1.09. The predicted octanol–water partition coefficient (Wildman–Crippen LogP) is 9.54. The minimum absolute atomic E-state index is 0.295. The fraction of sp³-hybridized carbons (Fsp3) is 0.381. The first-order chi connectivity index (χ1) is 22.3. The molecule has 11 rings (SSSR count). The Labute approximate surface area is 272 Å². The number of hydrogen-bond donors (Lipinski definition) is 0. The molecule has 0 saturated heterocycles. The number of aromatic nitrogens is 4. The molecular weight excluding hydrogens is 560 g/mol. The second kappa shape index (κ2) is 10.2. The maximum absolute atomic E-state index is 4.94. The van der Waals surface area contributed by atoms with Gasteiger partial charge in [0.15, 0.2) is 0 Å². The van der Waals surface area contributed by atoms with Crippen LogP contribution < -0.4 is 0 Å². The molecule has 46 heavy (non-hydrogen) atoms. The third-order valence-electron chi connectivity index (χ3n) is 13.0. The summed E-state index contributed by atoms with van der Waals surface area (Å²) in [5, 5.41) is 0. The van der Waals surface area contributed by atoms with E-state index in [9.17, 15) is 0 Å². The Hall–Kier alpha value is -4.18. The van der Waals surface area contributed by atoms with Crippen LogP contribution in [0, 0.1) is 22.7 Å². The van der Waals surface area contributed by atoms with Crippen LogP contribution in [0.2, 0.25) is 0 Å². The smallest absolute Gasteiger partial charge is 0.0889 e. The minimum Gasteiger partial charge on any atom is -0.255 e. The molecule has 2 fully saturated rings. The van der Waals surface area contributed by atoms with Gasteiger partial charge in [-0.2, -0.15) is 0 Å². The van der Waals surface area contributed by atoms with E-state index in [1.54, 1.807) is 0 Å². The van der Waals surface area contributed by atoms with Gasteiger partial charge in [-0.1, -0.05) is 64.1 Å². The topological polar surface area (TPSA) is 51.6 Å². The van der Waals surface area contributed by atoms with Gasteiger partial charge in [0.1, 0.15) is 0 Å². The van der Waals surface area contributed by atoms with Gasteiger partial charge in [-0.05, 0) is 142 Å². The van der Waals surface area contributed by atoms with E-state index in [-0.39, 0.29) is 0 Å². The van der Waals surface area contributed by atoms with E-state index in [0.717, 1.165) is 35.6 Å². The van der Waals surface area contributed by atoms with Crippen LogP contribution in [0.25, 0.3) is 22.8 Å². The third-order valence-corrected chi connectivity index (χ3v) is 13.0. The molecule has 0 amide bonds. The standard InChI is InChI=1S/C42H42N4/c1-41(2)33-21-35(41)31-23-45-39(37-13-7-9-15-43-37)19-27(31)29(33)17-25-11-5-6-12-26(25)18-30-28-20-40(38-14-8-10-16-44-38)46-24-32(28)36-22-34(30)42(36,3)4/h5-16,19-20,23-24,29-30,33-36H,17-18,21-22H2,1-4H3/t29-,30?,33?,34-,35-,36-/m0/s1. The number of benzene rings is 1. The van der Waals surface area contributed by atoms with E-state index >= 15 is 0 Å². The molecular formula is C42H42N4. The highest BCUT2D eigenvalue weighted by Crippen LogP contribution is 2.68. The summed E-state index contributed by atoms with van der Waals surface area (Å²) in [6.45, 7) is 9.95. The zero-order valence-electron chi connectivity index (χ0n) is 27.3. The number of nitrogens with zero attached hydrogens (tertiary/aromatic N) is 4. The third kappa shape index (κ3) is 4.11. The quantitative estimate of drug-likeness (QED) is 0.194. The second-order valence-corrected chi connectivity index (χ2v) is 15.6. The SMILES string of the molecule is CC1(C)C2C[C@H]1c1cnc(-c3ccccn3)cc1[C@@H]2Cc1ccccc1CC1c2cc(-c3ccccn3)ncc2[C@@H]2C[C@@H]1C2(C)C. The van der Waals surface area contributed by atoms with Crippen molar-refractivity contribution in [2.75, 3.05) is 0 Å². The average Bonchev–Trinajstić information content (AvgIpc) is 3.09. The maximum atomic E-state index is 4.94. The molecule has 4 heteroatoms. The molecule has 6 aliphatic rings. The van der Waals surface area contributed by atoms with Crippen molar-refractivity contribution in [2.24, 2.45) is 22.7 Å². The first-order valence-electron chi connectivity index (χ1n) is 17.2. The van der Waals surface area contributed by atoms with E-state index in [4.69, 9.17) is 9.97 Å². The van der Waals surface area contributed by atoms with Crippen molar-refractivity contribution in [3.05, 3.63) is 131 Å². The molecule has 0 aliphatic heterocycles. The highest BCUT2D eigenvalue weighted by molar-refractivity contribution is 5.59. The minimum atomic E-state index is 0.295. The van der Waals surface area contributed by atoms with Crippen molar-refractivity contribution < 1.29 is 0 Å². The Morgan fingerprint density at radius 3 is 1.35 bits per heavy atom. The molecule has 5 aromatic rings. The number of hydrogen-bond acceptors (Lipinski definition) is 4. The van der Waals surface area contributed by atoms with Crippen molar-refractivity contribution in [3.8, 4) is 22.8 Å². The molecule has 0 radical (unpaired) electrons. The predicted molar refractivity (Wildman–Crippen MR) is 184 cm³/mol. The zero-order chi connectivity index (χ0) is 31.2. The number of rotatable bonds is 6. The Morgan fingerprint density at radius 2 is 0.957 bits per heavy atom. The van der Waals surface area contributed by atoms with Crippen LogP contribution in [0.15, 0.2) is 97.6 Å². The van der Waals surface area contributed by atoms with Crippen LogP contribution >= 0.6 is 0 Å². The zero-order valence-corrected chi connectivity index (χ0v) is 27.3. The fourth-order valence-electron chi connectivity index (χ4n) is 10.2. The summed E-state index contributed by atoms with van der Waals surface area (Å²) in [6.07, 6.45) is 12.8. The van der Waals surface area contributed by atoms with E-state index in [1.165, 1.54) is 46.2 Å². The lowest BCUT2D eigenvalue weighted by Crippen LogP contribution is -2.51. The molecule has 230 valence electrons. The molecule has 4 nitrogen and oxygen atoms in total. The largest absolute Gasteiger partial charge is 0.255 e. The molecule has 0 spiro atoms. The van der Waals surface area contributed by atoms with Crippen LogP contribution in [0.5, 0.6) is 0 Å². The van der Waals surface area contributed by atoms with Gasteiger partial charge < -0.3 is 0 Å². The van der Waals surface area contributed by atoms with Gasteiger partial charge in [0.25, 0.3) is 0 Å². The van der Waals surface area contributed by atoms with Crippen molar-refractivity contribution in [1.29, 1.82) is 0 Å². The van der Waals surface area contributed by atoms with E-state index in [2.05, 4.69) is 111 Å². The molecule has 4 heterocycles. The highest BCUT2D eigenvalue weighted by atomic mass is 14.8. The van der Waals surface area contributed by atoms with Gasteiger partial charge in [-0.25, -0.2) is 0 Å². The summed E-state index contributed by atoms with van der Waals surface area (Å²) in [5.74, 6) is 3.49. The summed E-state index contributed by atoms with van der Waals surface area (Å²) in [6, 6.07) is 26.3. The van der Waals surface area contributed by atoms with E-state index in [1.807, 2.05) is 24.5 Å². The van der Waals surface area contributed by atoms with Crippen LogP contribution in [-0.4, -0.2) is 19.9 Å². The number of pyridine rings is 4. The van der Waals surface area contributed by atoms with Crippen molar-refractivity contribution in [3.63, 3.8) is 0 Å². The van der Waals surface area contributed by atoms with Crippen LogP contribution in [0.4, 0.5) is 0 Å². The van der Waals surface area contributed by atoms with Crippen molar-refractivity contribution >= 4 is 0 Å². The molecule has 6 atom stereocenters. The first-order valence-corrected chi connectivity index (χ1v) is 17.2. The molecule has 2 saturated carbocycles. The van der Waals surface area contributed by atoms with Gasteiger partial charge in [-0.3, -0.25) is 19.9 Å². The highest BCUT2D eigenvalue weighted by Gasteiger charge is 2.58. The molecule has 4 aromatic heterocycles. The van der Waals surface area contributed by atoms with Crippen molar-refractivity contribution in [2.45, 2.75) is 77.0 Å². The lowest BCUT2D eigenvalue weighted by molar-refractivity contribution is -0.00721. The summed E-state index contributed by atoms with van der Waals surface area (Å²) in [7, 11) is 0. The normalized spacial score (nSPS) is 27.5. The summed E-state index contributed by atoms with van der Waals surface area (Å²) in [4.78, 5) is 19.2. The lowest BCUT2D eigenvalue weighted by atomic mass is 9.43. The molecule has 0 N–H and O–H groups in total. The van der Waals surface area contributed by atoms with Gasteiger partial charge in [0.2, 0.25) is 0 Å². The summed E-state index contributed by atoms with van der Waals surface area (Å²) in [5.41, 5.74) is 13.5. The fourth-order valence-corrected chi connectivity index (χ4v) is 10.2.